The highest BCUT2D eigenvalue weighted by Crippen LogP contribution is 2.30. The van der Waals surface area contributed by atoms with Crippen molar-refractivity contribution in [2.75, 3.05) is 39.3 Å². The average Bonchev–Trinajstić information content (AvgIpc) is 3.46. The van der Waals surface area contributed by atoms with Gasteiger partial charge in [-0.15, -0.1) is 0 Å². The standard InChI is InChI=1S/C27H36N4O4/c32-27(28-22-8-13-31(14-9-22)16-15-30-11-3-1-2-4-12-30)35-26-18-23-24(29-26)6-5-7-25(23)34-20-21-10-17-33-19-21/h5-7,10,17-19,22,29H,1-4,8-9,11-16,20H2,(H,28,32). The van der Waals surface area contributed by atoms with Gasteiger partial charge < -0.3 is 34.0 Å². The molecule has 0 spiro atoms. The fourth-order valence-corrected chi connectivity index (χ4v) is 5.06. The Morgan fingerprint density at radius 1 is 1.03 bits per heavy atom. The quantitative estimate of drug-likeness (QED) is 0.483. The number of hydrogen-bond acceptors (Lipinski definition) is 6. The Morgan fingerprint density at radius 2 is 1.80 bits per heavy atom. The van der Waals surface area contributed by atoms with Crippen LogP contribution in [-0.4, -0.2) is 66.2 Å². The smallest absolute Gasteiger partial charge is 0.414 e. The SMILES string of the molecule is O=C(NC1CCN(CCN2CCCCCC2)CC1)Oc1cc2c(OCc3ccoc3)cccc2[nH]1. The number of furan rings is 1. The number of hydrogen-bond donors (Lipinski definition) is 2. The van der Waals surface area contributed by atoms with Gasteiger partial charge in [-0.25, -0.2) is 4.79 Å². The van der Waals surface area contributed by atoms with Crippen LogP contribution in [-0.2, 0) is 6.61 Å². The monoisotopic (exact) mass is 480 g/mol. The van der Waals surface area contributed by atoms with E-state index < -0.39 is 6.09 Å². The number of nitrogens with zero attached hydrogens (tertiary/aromatic N) is 2. The minimum absolute atomic E-state index is 0.148. The van der Waals surface area contributed by atoms with Crippen LogP contribution in [0.1, 0.15) is 44.1 Å². The maximum Gasteiger partial charge on any atom is 0.414 e. The van der Waals surface area contributed by atoms with Gasteiger partial charge in [0.15, 0.2) is 0 Å². The number of amides is 1. The number of aromatic amines is 1. The molecular formula is C27H36N4O4. The van der Waals surface area contributed by atoms with Gasteiger partial charge in [-0.1, -0.05) is 18.9 Å². The molecule has 0 aliphatic carbocycles. The molecular weight excluding hydrogens is 444 g/mol. The number of carbonyl (C=O) groups is 1. The number of nitrogens with one attached hydrogen (secondary N) is 2. The first-order valence-electron chi connectivity index (χ1n) is 12.9. The molecule has 0 radical (unpaired) electrons. The minimum atomic E-state index is -0.416. The third-order valence-corrected chi connectivity index (χ3v) is 7.12. The molecule has 8 heteroatoms. The second kappa shape index (κ2) is 11.6. The highest BCUT2D eigenvalue weighted by Gasteiger charge is 2.22. The summed E-state index contributed by atoms with van der Waals surface area (Å²) in [5.74, 6) is 1.13. The Balaban J connectivity index is 1.07. The topological polar surface area (TPSA) is 83.0 Å². The van der Waals surface area contributed by atoms with Crippen molar-refractivity contribution in [3.63, 3.8) is 0 Å². The van der Waals surface area contributed by atoms with Gasteiger partial charge in [0.05, 0.1) is 18.0 Å². The number of rotatable bonds is 8. The molecule has 0 atom stereocenters. The molecule has 0 unspecified atom stereocenters. The predicted molar refractivity (Wildman–Crippen MR) is 135 cm³/mol. The van der Waals surface area contributed by atoms with E-state index in [4.69, 9.17) is 13.9 Å². The molecule has 8 nitrogen and oxygen atoms in total. The number of carbonyl (C=O) groups excluding carboxylic acids is 1. The van der Waals surface area contributed by atoms with E-state index in [-0.39, 0.29) is 6.04 Å². The van der Waals surface area contributed by atoms with E-state index in [1.165, 1.54) is 38.8 Å². The fraction of sp³-hybridized carbons (Fsp3) is 0.519. The number of benzene rings is 1. The number of H-pyrrole nitrogens is 1. The van der Waals surface area contributed by atoms with Gasteiger partial charge in [0.2, 0.25) is 5.88 Å². The molecule has 4 heterocycles. The van der Waals surface area contributed by atoms with Crippen LogP contribution in [0, 0.1) is 0 Å². The third-order valence-electron chi connectivity index (χ3n) is 7.12. The minimum Gasteiger partial charge on any atom is -0.488 e. The van der Waals surface area contributed by atoms with Gasteiger partial charge in [-0.3, -0.25) is 0 Å². The molecule has 2 aliphatic rings. The molecule has 35 heavy (non-hydrogen) atoms. The number of piperidine rings is 1. The van der Waals surface area contributed by atoms with Gasteiger partial charge in [-0.2, -0.15) is 0 Å². The third kappa shape index (κ3) is 6.58. The van der Waals surface area contributed by atoms with Crippen LogP contribution < -0.4 is 14.8 Å². The lowest BCUT2D eigenvalue weighted by Gasteiger charge is -2.33. The van der Waals surface area contributed by atoms with Crippen LogP contribution in [0.4, 0.5) is 4.79 Å². The number of fused-ring (bicyclic) bond motifs is 1. The Bertz CT molecular complexity index is 1060. The van der Waals surface area contributed by atoms with Gasteiger partial charge in [0.1, 0.15) is 12.4 Å². The lowest BCUT2D eigenvalue weighted by molar-refractivity contribution is 0.157. The highest BCUT2D eigenvalue weighted by atomic mass is 16.6. The largest absolute Gasteiger partial charge is 0.488 e. The molecule has 2 aliphatic heterocycles. The van der Waals surface area contributed by atoms with Gasteiger partial charge in [0.25, 0.3) is 0 Å². The lowest BCUT2D eigenvalue weighted by Crippen LogP contribution is -2.47. The van der Waals surface area contributed by atoms with E-state index in [0.29, 0.717) is 12.5 Å². The summed E-state index contributed by atoms with van der Waals surface area (Å²) in [5, 5.41) is 3.92. The van der Waals surface area contributed by atoms with Gasteiger partial charge in [0, 0.05) is 49.2 Å². The van der Waals surface area contributed by atoms with E-state index >= 15 is 0 Å². The van der Waals surface area contributed by atoms with E-state index in [2.05, 4.69) is 20.1 Å². The summed E-state index contributed by atoms with van der Waals surface area (Å²) in [4.78, 5) is 20.9. The van der Waals surface area contributed by atoms with Gasteiger partial charge >= 0.3 is 6.09 Å². The molecule has 188 valence electrons. The molecule has 3 aromatic rings. The zero-order valence-electron chi connectivity index (χ0n) is 20.3. The second-order valence-corrected chi connectivity index (χ2v) is 9.68. The summed E-state index contributed by atoms with van der Waals surface area (Å²) in [6.45, 7) is 7.22. The molecule has 2 fully saturated rings. The molecule has 1 amide bonds. The van der Waals surface area contributed by atoms with Crippen molar-refractivity contribution in [2.45, 2.75) is 51.2 Å². The molecule has 2 N–H and O–H groups in total. The first-order valence-corrected chi connectivity index (χ1v) is 12.9. The molecule has 1 aromatic carbocycles. The first-order chi connectivity index (χ1) is 17.2. The normalized spacial score (nSPS) is 18.4. The van der Waals surface area contributed by atoms with Crippen molar-refractivity contribution in [2.24, 2.45) is 0 Å². The lowest BCUT2D eigenvalue weighted by atomic mass is 10.1. The van der Waals surface area contributed by atoms with E-state index in [0.717, 1.165) is 61.2 Å². The maximum absolute atomic E-state index is 12.6. The molecule has 0 saturated carbocycles. The van der Waals surface area contributed by atoms with E-state index in [9.17, 15) is 4.79 Å². The predicted octanol–water partition coefficient (Wildman–Crippen LogP) is 4.77. The zero-order valence-corrected chi connectivity index (χ0v) is 20.3. The highest BCUT2D eigenvalue weighted by molar-refractivity contribution is 5.88. The summed E-state index contributed by atoms with van der Waals surface area (Å²) in [6.07, 6.45) is 10.2. The van der Waals surface area contributed by atoms with E-state index in [1.54, 1.807) is 12.5 Å². The Hall–Kier alpha value is -2.97. The van der Waals surface area contributed by atoms with Crippen molar-refractivity contribution in [1.82, 2.24) is 20.1 Å². The van der Waals surface area contributed by atoms with Crippen LogP contribution in [0.15, 0.2) is 47.3 Å². The molecule has 2 aromatic heterocycles. The zero-order chi connectivity index (χ0) is 23.9. The van der Waals surface area contributed by atoms with Crippen molar-refractivity contribution in [3.05, 3.63) is 48.4 Å². The van der Waals surface area contributed by atoms with Crippen molar-refractivity contribution in [3.8, 4) is 11.6 Å². The first kappa shape index (κ1) is 23.8. The molecule has 2 saturated heterocycles. The number of ether oxygens (including phenoxy) is 2. The van der Waals surface area contributed by atoms with Crippen molar-refractivity contribution < 1.29 is 18.7 Å². The number of likely N-dealkylation sites (tertiary alicyclic amines) is 2. The second-order valence-electron chi connectivity index (χ2n) is 9.68. The summed E-state index contributed by atoms with van der Waals surface area (Å²) in [7, 11) is 0. The summed E-state index contributed by atoms with van der Waals surface area (Å²) < 4.78 is 16.6. The van der Waals surface area contributed by atoms with Crippen LogP contribution in [0.5, 0.6) is 11.6 Å². The average molecular weight is 481 g/mol. The summed E-state index contributed by atoms with van der Waals surface area (Å²) in [5.41, 5.74) is 1.82. The van der Waals surface area contributed by atoms with Crippen molar-refractivity contribution in [1.29, 1.82) is 0 Å². The van der Waals surface area contributed by atoms with E-state index in [1.807, 2.05) is 30.3 Å². The van der Waals surface area contributed by atoms with Crippen LogP contribution in [0.25, 0.3) is 10.9 Å². The maximum atomic E-state index is 12.6. The fourth-order valence-electron chi connectivity index (χ4n) is 5.06. The Labute approximate surface area is 206 Å². The molecule has 5 rings (SSSR count). The number of aromatic nitrogens is 1. The summed E-state index contributed by atoms with van der Waals surface area (Å²) >= 11 is 0. The Kier molecular flexibility index (Phi) is 7.90. The summed E-state index contributed by atoms with van der Waals surface area (Å²) in [6, 6.07) is 9.58. The van der Waals surface area contributed by atoms with Crippen LogP contribution in [0.3, 0.4) is 0 Å². The van der Waals surface area contributed by atoms with Crippen LogP contribution >= 0.6 is 0 Å². The Morgan fingerprint density at radius 3 is 2.54 bits per heavy atom. The molecule has 0 bridgehead atoms. The van der Waals surface area contributed by atoms with Crippen molar-refractivity contribution >= 4 is 17.0 Å². The van der Waals surface area contributed by atoms with Gasteiger partial charge in [-0.05, 0) is 57.0 Å². The van der Waals surface area contributed by atoms with Crippen LogP contribution in [0.2, 0.25) is 0 Å².